The summed E-state index contributed by atoms with van der Waals surface area (Å²) in [7, 11) is 5.01. The van der Waals surface area contributed by atoms with Crippen LogP contribution >= 0.6 is 23.2 Å². The van der Waals surface area contributed by atoms with Crippen LogP contribution in [0.3, 0.4) is 0 Å². The summed E-state index contributed by atoms with van der Waals surface area (Å²) in [6.45, 7) is 5.39. The Bertz CT molecular complexity index is 2610. The molecular weight excluding hydrogens is 795 g/mol. The van der Waals surface area contributed by atoms with Crippen molar-refractivity contribution < 1.29 is 28.8 Å². The lowest BCUT2D eigenvalue weighted by atomic mass is 10.1. The van der Waals surface area contributed by atoms with Gasteiger partial charge in [0, 0.05) is 37.0 Å². The number of fused-ring (bicyclic) bond motifs is 2. The number of carbonyl (C=O) groups excluding carboxylic acids is 1. The maximum absolute atomic E-state index is 12.6. The minimum absolute atomic E-state index is 0.0844. The zero-order chi connectivity index (χ0) is 42.1. The fraction of sp³-hybridized carbons (Fsp3) is 0.186. The molecule has 14 nitrogen and oxygen atoms in total. The average molecular weight is 838 g/mol. The van der Waals surface area contributed by atoms with Crippen LogP contribution in [-0.2, 0) is 6.54 Å². The van der Waals surface area contributed by atoms with E-state index in [2.05, 4.69) is 37.5 Å². The predicted molar refractivity (Wildman–Crippen MR) is 232 cm³/mol. The van der Waals surface area contributed by atoms with E-state index in [1.165, 1.54) is 18.2 Å². The second kappa shape index (κ2) is 19.3. The summed E-state index contributed by atoms with van der Waals surface area (Å²) in [4.78, 5) is 31.6. The van der Waals surface area contributed by atoms with Gasteiger partial charge in [0.2, 0.25) is 11.8 Å². The van der Waals surface area contributed by atoms with Crippen LogP contribution < -0.4 is 35.3 Å². The number of hydrogen-bond donors (Lipinski definition) is 4. The van der Waals surface area contributed by atoms with Crippen molar-refractivity contribution in [2.24, 2.45) is 0 Å². The number of nitrogens with zero attached hydrogens (tertiary/aromatic N) is 5. The molecule has 2 heterocycles. The molecule has 0 saturated heterocycles. The third-order valence-electron chi connectivity index (χ3n) is 9.03. The molecule has 5 aromatic carbocycles. The molecule has 0 bridgehead atoms. The minimum Gasteiger partial charge on any atom is -0.493 e. The van der Waals surface area contributed by atoms with Crippen molar-refractivity contribution in [3.8, 4) is 34.8 Å². The van der Waals surface area contributed by atoms with E-state index in [0.29, 0.717) is 80.8 Å². The zero-order valence-corrected chi connectivity index (χ0v) is 34.4. The molecule has 7 aromatic rings. The van der Waals surface area contributed by atoms with Gasteiger partial charge in [0.25, 0.3) is 0 Å². The first-order chi connectivity index (χ1) is 28.4. The molecule has 304 valence electrons. The van der Waals surface area contributed by atoms with Gasteiger partial charge >= 0.3 is 6.03 Å². The van der Waals surface area contributed by atoms with Gasteiger partial charge in [0.05, 0.1) is 64.1 Å². The van der Waals surface area contributed by atoms with Gasteiger partial charge in [0.15, 0.2) is 11.5 Å². The van der Waals surface area contributed by atoms with E-state index < -0.39 is 6.03 Å². The number of methoxy groups -OCH3 is 2. The highest BCUT2D eigenvalue weighted by Gasteiger charge is 2.15. The molecule has 0 aliphatic rings. The Morgan fingerprint density at radius 3 is 2.00 bits per heavy atom. The number of rotatable bonds is 12. The lowest BCUT2D eigenvalue weighted by molar-refractivity contribution is 0.217. The van der Waals surface area contributed by atoms with Crippen molar-refractivity contribution in [3.05, 3.63) is 124 Å². The van der Waals surface area contributed by atoms with Gasteiger partial charge in [0.1, 0.15) is 24.2 Å². The molecule has 0 fully saturated rings. The number of urea groups is 1. The molecule has 0 saturated carbocycles. The van der Waals surface area contributed by atoms with Crippen molar-refractivity contribution in [1.29, 1.82) is 0 Å². The summed E-state index contributed by atoms with van der Waals surface area (Å²) in [5, 5.41) is 16.9. The molecule has 0 spiro atoms. The number of hydrogen-bond acceptors (Lipinski definition) is 12. The number of ether oxygens (including phenoxy) is 4. The number of aliphatic hydroxyl groups is 1. The van der Waals surface area contributed by atoms with E-state index in [4.69, 9.17) is 53.0 Å². The molecule has 16 heteroatoms. The van der Waals surface area contributed by atoms with Crippen LogP contribution in [0.25, 0.3) is 21.8 Å². The summed E-state index contributed by atoms with van der Waals surface area (Å²) in [5.74, 6) is 2.90. The smallest absolute Gasteiger partial charge is 0.323 e. The number of aryl methyl sites for hydroxylation is 2. The fourth-order valence-electron chi connectivity index (χ4n) is 5.86. The minimum atomic E-state index is -0.440. The normalized spacial score (nSPS) is 10.9. The molecule has 7 rings (SSSR count). The number of likely N-dealkylation sites (N-methyl/N-ethyl adjacent to an activating group) is 1. The molecule has 59 heavy (non-hydrogen) atoms. The number of aromatic nitrogens is 4. The Kier molecular flexibility index (Phi) is 13.8. The van der Waals surface area contributed by atoms with Crippen LogP contribution in [-0.4, -0.2) is 70.4 Å². The summed E-state index contributed by atoms with van der Waals surface area (Å²) >= 11 is 12.4. The Morgan fingerprint density at radius 2 is 1.36 bits per heavy atom. The van der Waals surface area contributed by atoms with Gasteiger partial charge in [-0.15, -0.1) is 0 Å². The number of aliphatic hydroxyl groups excluding tert-OH is 1. The number of amides is 2. The largest absolute Gasteiger partial charge is 0.493 e. The molecular formula is C43H42Cl2N8O6. The molecule has 0 aliphatic carbocycles. The Morgan fingerprint density at radius 1 is 0.746 bits per heavy atom. The first-order valence-electron chi connectivity index (χ1n) is 18.2. The second-order valence-electron chi connectivity index (χ2n) is 13.3. The Labute approximate surface area is 350 Å². The lowest BCUT2D eigenvalue weighted by Gasteiger charge is -2.16. The van der Waals surface area contributed by atoms with E-state index in [1.54, 1.807) is 68.8 Å². The van der Waals surface area contributed by atoms with Gasteiger partial charge in [-0.3, -0.25) is 4.90 Å². The van der Waals surface area contributed by atoms with E-state index in [1.807, 2.05) is 49.2 Å². The number of halogens is 2. The SMILES string of the molecule is COc1cc2ncnc(Oc3ccc(NC(=O)Nc4cccc(CN(C)CCO)c4)c(Cl)c3)c2cc1OC.Cc1cc2ncnc(Oc3ccc(N)c(Cl)c3)c2cc1C. The van der Waals surface area contributed by atoms with Gasteiger partial charge in [-0.2, -0.15) is 0 Å². The van der Waals surface area contributed by atoms with Gasteiger partial charge < -0.3 is 40.4 Å². The molecule has 0 unspecified atom stereocenters. The number of nitrogens with one attached hydrogen (secondary N) is 2. The number of anilines is 3. The van der Waals surface area contributed by atoms with Gasteiger partial charge in [-0.25, -0.2) is 24.7 Å². The van der Waals surface area contributed by atoms with Crippen molar-refractivity contribution in [2.75, 3.05) is 50.8 Å². The van der Waals surface area contributed by atoms with Crippen molar-refractivity contribution in [3.63, 3.8) is 0 Å². The monoisotopic (exact) mass is 836 g/mol. The van der Waals surface area contributed by atoms with Crippen molar-refractivity contribution in [1.82, 2.24) is 24.8 Å². The average Bonchev–Trinajstić information content (AvgIpc) is 3.21. The number of nitrogen functional groups attached to an aromatic ring is 1. The van der Waals surface area contributed by atoms with Crippen LogP contribution in [0, 0.1) is 13.8 Å². The van der Waals surface area contributed by atoms with E-state index >= 15 is 0 Å². The van der Waals surface area contributed by atoms with E-state index in [9.17, 15) is 4.79 Å². The highest BCUT2D eigenvalue weighted by Crippen LogP contribution is 2.37. The van der Waals surface area contributed by atoms with Crippen LogP contribution in [0.5, 0.6) is 34.8 Å². The summed E-state index contributed by atoms with van der Waals surface area (Å²) < 4.78 is 22.5. The van der Waals surface area contributed by atoms with E-state index in [0.717, 1.165) is 22.0 Å². The predicted octanol–water partition coefficient (Wildman–Crippen LogP) is 9.44. The lowest BCUT2D eigenvalue weighted by Crippen LogP contribution is -2.22. The second-order valence-corrected chi connectivity index (χ2v) is 14.1. The van der Waals surface area contributed by atoms with Crippen LogP contribution in [0.4, 0.5) is 21.9 Å². The number of benzene rings is 5. The Balaban J connectivity index is 0.000000234. The van der Waals surface area contributed by atoms with Crippen molar-refractivity contribution >= 4 is 68.1 Å². The number of carbonyl (C=O) groups is 1. The van der Waals surface area contributed by atoms with E-state index in [-0.39, 0.29) is 11.6 Å². The molecule has 2 aromatic heterocycles. The summed E-state index contributed by atoms with van der Waals surface area (Å²) in [5.41, 5.74) is 12.1. The first-order valence-corrected chi connectivity index (χ1v) is 19.0. The standard InChI is InChI=1S/C27H28ClN5O5.C16H14ClN3O/c1-33(9-10-34)15-17-5-4-6-18(11-17)31-27(35)32-22-8-7-19(12-21(22)28)38-26-20-13-24(36-2)25(37-3)14-23(20)29-16-30-26;1-9-5-12-15(6-10(9)2)19-8-20-16(12)21-11-3-4-14(18)13(17)7-11/h4-8,11-14,16,34H,9-10,15H2,1-3H3,(H2,31,32,35);3-8H,18H2,1-2H3. The highest BCUT2D eigenvalue weighted by atomic mass is 35.5. The molecule has 0 atom stereocenters. The topological polar surface area (TPSA) is 179 Å². The molecule has 5 N–H and O–H groups in total. The van der Waals surface area contributed by atoms with Crippen LogP contribution in [0.1, 0.15) is 16.7 Å². The first kappa shape index (κ1) is 42.2. The third kappa shape index (κ3) is 10.7. The van der Waals surface area contributed by atoms with Gasteiger partial charge in [-0.05, 0) is 92.2 Å². The molecule has 2 amide bonds. The number of nitrogens with two attached hydrogens (primary N) is 1. The van der Waals surface area contributed by atoms with Crippen LogP contribution in [0.15, 0.2) is 97.6 Å². The molecule has 0 aliphatic heterocycles. The maximum atomic E-state index is 12.6. The highest BCUT2D eigenvalue weighted by molar-refractivity contribution is 6.34. The third-order valence-corrected chi connectivity index (χ3v) is 9.67. The maximum Gasteiger partial charge on any atom is 0.323 e. The molecule has 0 radical (unpaired) electrons. The van der Waals surface area contributed by atoms with Crippen LogP contribution in [0.2, 0.25) is 10.0 Å². The fourth-order valence-corrected chi connectivity index (χ4v) is 6.25. The summed E-state index contributed by atoms with van der Waals surface area (Å²) in [6, 6.07) is 24.6. The van der Waals surface area contributed by atoms with Gasteiger partial charge in [-0.1, -0.05) is 35.3 Å². The zero-order valence-electron chi connectivity index (χ0n) is 32.9. The summed E-state index contributed by atoms with van der Waals surface area (Å²) in [6.07, 6.45) is 2.89. The van der Waals surface area contributed by atoms with Crippen molar-refractivity contribution in [2.45, 2.75) is 20.4 Å². The quantitative estimate of drug-likeness (QED) is 0.0858. The Hall–Kier alpha value is -6.45.